The maximum Gasteiger partial charge on any atom is 0.416 e. The summed E-state index contributed by atoms with van der Waals surface area (Å²) < 4.78 is 55.5. The first-order chi connectivity index (χ1) is 20.4. The average molecular weight is 618 g/mol. The molecule has 11 nitrogen and oxygen atoms in total. The summed E-state index contributed by atoms with van der Waals surface area (Å²) in [6.45, 7) is -0.638. The Hall–Kier alpha value is -5.05. The predicted octanol–water partition coefficient (Wildman–Crippen LogP) is 5.88. The van der Waals surface area contributed by atoms with Crippen LogP contribution in [0.25, 0.3) is 6.08 Å². The number of methoxy groups -OCH3 is 2. The normalized spacial score (nSPS) is 14.2. The summed E-state index contributed by atoms with van der Waals surface area (Å²) in [5.41, 5.74) is -0.181. The second-order valence-corrected chi connectivity index (χ2v) is 9.84. The second-order valence-electron chi connectivity index (χ2n) is 8.85. The number of ether oxygens (including phenoxy) is 3. The van der Waals surface area contributed by atoms with Gasteiger partial charge in [-0.05, 0) is 71.4 Å². The number of carbonyl (C=O) groups excluding carboxylic acids is 3. The number of benzene rings is 3. The summed E-state index contributed by atoms with van der Waals surface area (Å²) in [4.78, 5) is 49.1. The van der Waals surface area contributed by atoms with Gasteiger partial charge in [0.05, 0.1) is 35.3 Å². The predicted molar refractivity (Wildman–Crippen MR) is 150 cm³/mol. The van der Waals surface area contributed by atoms with E-state index in [-0.39, 0.29) is 28.6 Å². The molecule has 1 aliphatic rings. The number of amides is 3. The highest BCUT2D eigenvalue weighted by Gasteiger charge is 2.37. The van der Waals surface area contributed by atoms with E-state index in [1.165, 1.54) is 32.4 Å². The molecule has 0 radical (unpaired) electrons. The number of alkyl halides is 3. The third-order valence-electron chi connectivity index (χ3n) is 6.00. The van der Waals surface area contributed by atoms with Crippen molar-refractivity contribution in [3.63, 3.8) is 0 Å². The molecule has 0 atom stereocenters. The molecule has 3 aromatic carbocycles. The van der Waals surface area contributed by atoms with E-state index in [0.717, 1.165) is 12.1 Å². The molecule has 1 aliphatic heterocycles. The molecule has 0 spiro atoms. The summed E-state index contributed by atoms with van der Waals surface area (Å²) in [5.74, 6) is -1.04. The van der Waals surface area contributed by atoms with Crippen LogP contribution in [0.5, 0.6) is 17.2 Å². The highest BCUT2D eigenvalue weighted by molar-refractivity contribution is 8.18. The van der Waals surface area contributed by atoms with E-state index < -0.39 is 40.3 Å². The molecule has 3 amide bonds. The van der Waals surface area contributed by atoms with Gasteiger partial charge >= 0.3 is 6.18 Å². The van der Waals surface area contributed by atoms with Crippen LogP contribution in [0, 0.1) is 10.1 Å². The lowest BCUT2D eigenvalue weighted by Crippen LogP contribution is -2.36. The molecule has 0 saturated carbocycles. The first kappa shape index (κ1) is 30.9. The Morgan fingerprint density at radius 3 is 2.30 bits per heavy atom. The number of thioether (sulfide) groups is 1. The standard InChI is InChI=1S/C28H22F3N3O8S/c1-40-21-10-6-18(28(29,30)31)13-20(21)32-25(35)14-33-26(36)24(43-27(33)37)12-17-5-9-22(23(11-17)41-2)42-15-16-3-7-19(8-4-16)34(38)39/h3-13H,14-15H2,1-2H3,(H,32,35)/b24-12-. The number of anilines is 1. The van der Waals surface area contributed by atoms with E-state index in [2.05, 4.69) is 5.32 Å². The van der Waals surface area contributed by atoms with Gasteiger partial charge in [0.1, 0.15) is 18.9 Å². The van der Waals surface area contributed by atoms with E-state index in [4.69, 9.17) is 14.2 Å². The van der Waals surface area contributed by atoms with Gasteiger partial charge in [-0.1, -0.05) is 6.07 Å². The van der Waals surface area contributed by atoms with Crippen LogP contribution in [0.3, 0.4) is 0 Å². The van der Waals surface area contributed by atoms with Gasteiger partial charge in [0, 0.05) is 12.1 Å². The number of hydrogen-bond acceptors (Lipinski definition) is 9. The number of non-ortho nitro benzene ring substituents is 1. The quantitative estimate of drug-likeness (QED) is 0.168. The zero-order chi connectivity index (χ0) is 31.3. The van der Waals surface area contributed by atoms with E-state index >= 15 is 0 Å². The number of halogens is 3. The molecule has 0 unspecified atom stereocenters. The number of hydrogen-bond donors (Lipinski definition) is 1. The van der Waals surface area contributed by atoms with Crippen molar-refractivity contribution in [1.82, 2.24) is 4.90 Å². The summed E-state index contributed by atoms with van der Waals surface area (Å²) in [6, 6.07) is 13.1. The molecular formula is C28H22F3N3O8S. The SMILES string of the molecule is COc1ccc(C(F)(F)F)cc1NC(=O)CN1C(=O)S/C(=C\c2ccc(OCc3ccc([N+](=O)[O-])cc3)c(OC)c2)C1=O. The fourth-order valence-electron chi connectivity index (χ4n) is 3.87. The highest BCUT2D eigenvalue weighted by atomic mass is 32.2. The molecule has 1 heterocycles. The van der Waals surface area contributed by atoms with Crippen molar-refractivity contribution < 1.29 is 46.7 Å². The Labute approximate surface area is 246 Å². The lowest BCUT2D eigenvalue weighted by molar-refractivity contribution is -0.384. The maximum absolute atomic E-state index is 13.1. The van der Waals surface area contributed by atoms with Gasteiger partial charge in [-0.3, -0.25) is 29.4 Å². The summed E-state index contributed by atoms with van der Waals surface area (Å²) >= 11 is 0.592. The van der Waals surface area contributed by atoms with Crippen molar-refractivity contribution in [3.05, 3.63) is 92.4 Å². The molecule has 15 heteroatoms. The Kier molecular flexibility index (Phi) is 9.24. The molecule has 1 fully saturated rings. The van der Waals surface area contributed by atoms with Crippen molar-refractivity contribution in [2.24, 2.45) is 0 Å². The van der Waals surface area contributed by atoms with Crippen molar-refractivity contribution in [1.29, 1.82) is 0 Å². The number of nitro benzene ring substituents is 1. The summed E-state index contributed by atoms with van der Waals surface area (Å²) in [7, 11) is 2.62. The monoisotopic (exact) mass is 617 g/mol. The molecular weight excluding hydrogens is 595 g/mol. The molecule has 1 N–H and O–H groups in total. The molecule has 3 aromatic rings. The Morgan fingerprint density at radius 2 is 1.67 bits per heavy atom. The average Bonchev–Trinajstić information content (AvgIpc) is 3.23. The van der Waals surface area contributed by atoms with Gasteiger partial charge in [-0.2, -0.15) is 13.2 Å². The number of nitro groups is 1. The summed E-state index contributed by atoms with van der Waals surface area (Å²) in [5, 5.41) is 12.3. The van der Waals surface area contributed by atoms with Gasteiger partial charge < -0.3 is 19.5 Å². The fraction of sp³-hybridized carbons (Fsp3) is 0.179. The zero-order valence-corrected chi connectivity index (χ0v) is 23.3. The molecule has 1 saturated heterocycles. The van der Waals surface area contributed by atoms with Crippen LogP contribution in [0.1, 0.15) is 16.7 Å². The minimum atomic E-state index is -4.66. The maximum atomic E-state index is 13.1. The molecule has 43 heavy (non-hydrogen) atoms. The van der Waals surface area contributed by atoms with Crippen LogP contribution in [0.15, 0.2) is 65.6 Å². The fourth-order valence-corrected chi connectivity index (χ4v) is 4.71. The number of rotatable bonds is 10. The molecule has 224 valence electrons. The number of nitrogens with one attached hydrogen (secondary N) is 1. The topological polar surface area (TPSA) is 137 Å². The van der Waals surface area contributed by atoms with Gasteiger partial charge in [0.25, 0.3) is 16.8 Å². The minimum absolute atomic E-state index is 0.0102. The highest BCUT2D eigenvalue weighted by Crippen LogP contribution is 2.36. The Bertz CT molecular complexity index is 1610. The third kappa shape index (κ3) is 7.43. The van der Waals surface area contributed by atoms with E-state index in [1.807, 2.05) is 0 Å². The molecule has 0 aromatic heterocycles. The molecule has 0 bridgehead atoms. The van der Waals surface area contributed by atoms with Crippen molar-refractivity contribution in [2.45, 2.75) is 12.8 Å². The van der Waals surface area contributed by atoms with Crippen molar-refractivity contribution in [3.8, 4) is 17.2 Å². The van der Waals surface area contributed by atoms with Crippen molar-refractivity contribution in [2.75, 3.05) is 26.1 Å². The van der Waals surface area contributed by atoms with Gasteiger partial charge in [0.2, 0.25) is 5.91 Å². The zero-order valence-electron chi connectivity index (χ0n) is 22.5. The largest absolute Gasteiger partial charge is 0.495 e. The first-order valence-corrected chi connectivity index (χ1v) is 13.1. The van der Waals surface area contributed by atoms with Crippen LogP contribution >= 0.6 is 11.8 Å². The number of imide groups is 1. The van der Waals surface area contributed by atoms with Crippen LogP contribution in [0.4, 0.5) is 29.3 Å². The van der Waals surface area contributed by atoms with Gasteiger partial charge in [0.15, 0.2) is 11.5 Å². The number of carbonyl (C=O) groups is 3. The summed E-state index contributed by atoms with van der Waals surface area (Å²) in [6.07, 6.45) is -3.25. The van der Waals surface area contributed by atoms with Crippen molar-refractivity contribution >= 4 is 46.3 Å². The minimum Gasteiger partial charge on any atom is -0.495 e. The molecule has 4 rings (SSSR count). The lowest BCUT2D eigenvalue weighted by atomic mass is 10.1. The second kappa shape index (κ2) is 12.9. The Morgan fingerprint density at radius 1 is 1.00 bits per heavy atom. The van der Waals surface area contributed by atoms with Crippen LogP contribution in [0.2, 0.25) is 0 Å². The number of nitrogens with zero attached hydrogens (tertiary/aromatic N) is 2. The van der Waals surface area contributed by atoms with Crippen LogP contribution in [-0.4, -0.2) is 47.6 Å². The van der Waals surface area contributed by atoms with E-state index in [9.17, 15) is 37.7 Å². The first-order valence-electron chi connectivity index (χ1n) is 12.2. The van der Waals surface area contributed by atoms with E-state index in [0.29, 0.717) is 45.4 Å². The Balaban J connectivity index is 1.43. The van der Waals surface area contributed by atoms with Gasteiger partial charge in [-0.15, -0.1) is 0 Å². The van der Waals surface area contributed by atoms with Crippen LogP contribution in [-0.2, 0) is 22.4 Å². The smallest absolute Gasteiger partial charge is 0.416 e. The van der Waals surface area contributed by atoms with Gasteiger partial charge in [-0.25, -0.2) is 0 Å². The third-order valence-corrected chi connectivity index (χ3v) is 6.91. The van der Waals surface area contributed by atoms with E-state index in [1.54, 1.807) is 30.3 Å². The van der Waals surface area contributed by atoms with Crippen LogP contribution < -0.4 is 19.5 Å². The lowest BCUT2D eigenvalue weighted by Gasteiger charge is -2.16. The molecule has 0 aliphatic carbocycles.